The van der Waals surface area contributed by atoms with Crippen LogP contribution in [0.15, 0.2) is 35.9 Å². The van der Waals surface area contributed by atoms with E-state index in [9.17, 15) is 15.3 Å². The SMILES string of the molecule is OCC(=CCc1cc2c(cc1O)OCC1c3cc4c(cc3OC21)OCO4)CO. The van der Waals surface area contributed by atoms with Gasteiger partial charge >= 0.3 is 0 Å². The summed E-state index contributed by atoms with van der Waals surface area (Å²) < 4.78 is 23.1. The lowest BCUT2D eigenvalue weighted by atomic mass is 9.88. The lowest BCUT2D eigenvalue weighted by molar-refractivity contribution is 0.138. The van der Waals surface area contributed by atoms with Crippen molar-refractivity contribution in [2.24, 2.45) is 0 Å². The number of aromatic hydroxyl groups is 1. The quantitative estimate of drug-likeness (QED) is 0.695. The van der Waals surface area contributed by atoms with Gasteiger partial charge in [0.25, 0.3) is 0 Å². The Labute approximate surface area is 161 Å². The van der Waals surface area contributed by atoms with E-state index in [2.05, 4.69) is 0 Å². The number of allylic oxidation sites excluding steroid dienone is 1. The first-order valence-corrected chi connectivity index (χ1v) is 9.16. The number of aliphatic hydroxyl groups is 2. The maximum absolute atomic E-state index is 10.3. The topological polar surface area (TPSA) is 97.6 Å². The highest BCUT2D eigenvalue weighted by Crippen LogP contribution is 2.54. The smallest absolute Gasteiger partial charge is 0.231 e. The van der Waals surface area contributed by atoms with Gasteiger partial charge in [0.2, 0.25) is 6.79 Å². The monoisotopic (exact) mass is 384 g/mol. The number of rotatable bonds is 4. The summed E-state index contributed by atoms with van der Waals surface area (Å²) in [5.41, 5.74) is 3.07. The van der Waals surface area contributed by atoms with Crippen molar-refractivity contribution in [1.29, 1.82) is 0 Å². The molecule has 146 valence electrons. The van der Waals surface area contributed by atoms with Crippen LogP contribution in [0.1, 0.15) is 28.7 Å². The first-order valence-electron chi connectivity index (χ1n) is 9.16. The number of fused-ring (bicyclic) bond motifs is 6. The van der Waals surface area contributed by atoms with Gasteiger partial charge in [0.15, 0.2) is 11.5 Å². The third-order valence-electron chi connectivity index (χ3n) is 5.48. The van der Waals surface area contributed by atoms with Gasteiger partial charge < -0.3 is 34.3 Å². The van der Waals surface area contributed by atoms with Gasteiger partial charge in [-0.25, -0.2) is 0 Å². The molecule has 2 atom stereocenters. The van der Waals surface area contributed by atoms with Crippen molar-refractivity contribution in [3.8, 4) is 28.7 Å². The van der Waals surface area contributed by atoms with E-state index in [1.807, 2.05) is 18.2 Å². The van der Waals surface area contributed by atoms with Gasteiger partial charge in [-0.2, -0.15) is 0 Å². The van der Waals surface area contributed by atoms with Gasteiger partial charge in [-0.05, 0) is 29.7 Å². The molecular weight excluding hydrogens is 364 g/mol. The zero-order chi connectivity index (χ0) is 19.3. The lowest BCUT2D eigenvalue weighted by Crippen LogP contribution is -2.23. The van der Waals surface area contributed by atoms with Crippen LogP contribution in [0.5, 0.6) is 28.7 Å². The van der Waals surface area contributed by atoms with Crippen LogP contribution in [0, 0.1) is 0 Å². The van der Waals surface area contributed by atoms with Crippen LogP contribution < -0.4 is 18.9 Å². The number of benzene rings is 2. The Kier molecular flexibility index (Phi) is 4.07. The molecule has 3 heterocycles. The summed E-state index contributed by atoms with van der Waals surface area (Å²) in [6.07, 6.45) is 1.88. The fourth-order valence-corrected chi connectivity index (χ4v) is 3.93. The van der Waals surface area contributed by atoms with Gasteiger partial charge in [-0.3, -0.25) is 0 Å². The molecule has 0 saturated carbocycles. The zero-order valence-corrected chi connectivity index (χ0v) is 15.1. The van der Waals surface area contributed by atoms with Crippen LogP contribution in [-0.2, 0) is 6.42 Å². The molecule has 0 aliphatic carbocycles. The molecule has 0 fully saturated rings. The molecule has 2 unspecified atom stereocenters. The van der Waals surface area contributed by atoms with Crippen molar-refractivity contribution in [3.63, 3.8) is 0 Å². The predicted molar refractivity (Wildman–Crippen MR) is 98.2 cm³/mol. The summed E-state index contributed by atoms with van der Waals surface area (Å²) in [6, 6.07) is 7.28. The van der Waals surface area contributed by atoms with Gasteiger partial charge in [-0.15, -0.1) is 0 Å². The first-order chi connectivity index (χ1) is 13.7. The normalized spacial score (nSPS) is 20.5. The van der Waals surface area contributed by atoms with Crippen LogP contribution in [0.2, 0.25) is 0 Å². The Morgan fingerprint density at radius 2 is 1.71 bits per heavy atom. The first kappa shape index (κ1) is 17.2. The van der Waals surface area contributed by atoms with E-state index >= 15 is 0 Å². The molecule has 2 aromatic carbocycles. The number of ether oxygens (including phenoxy) is 4. The Bertz CT molecular complexity index is 960. The molecular formula is C21H20O7. The zero-order valence-electron chi connectivity index (χ0n) is 15.1. The van der Waals surface area contributed by atoms with E-state index in [1.54, 1.807) is 12.1 Å². The summed E-state index contributed by atoms with van der Waals surface area (Å²) in [4.78, 5) is 0. The fourth-order valence-electron chi connectivity index (χ4n) is 3.93. The highest BCUT2D eigenvalue weighted by Gasteiger charge is 2.42. The predicted octanol–water partition coefficient (Wildman–Crippen LogP) is 2.18. The largest absolute Gasteiger partial charge is 0.508 e. The molecule has 0 amide bonds. The third-order valence-corrected chi connectivity index (χ3v) is 5.48. The van der Waals surface area contributed by atoms with Crippen molar-refractivity contribution in [2.75, 3.05) is 26.6 Å². The lowest BCUT2D eigenvalue weighted by Gasteiger charge is -2.28. The summed E-state index contributed by atoms with van der Waals surface area (Å²) in [5.74, 6) is 2.88. The van der Waals surface area contributed by atoms with Crippen molar-refractivity contribution in [2.45, 2.75) is 18.4 Å². The van der Waals surface area contributed by atoms with Crippen molar-refractivity contribution < 1.29 is 34.3 Å². The highest BCUT2D eigenvalue weighted by molar-refractivity contribution is 5.58. The molecule has 0 saturated heterocycles. The molecule has 0 spiro atoms. The molecule has 7 heteroatoms. The second kappa shape index (κ2) is 6.61. The van der Waals surface area contributed by atoms with E-state index in [0.717, 1.165) is 16.9 Å². The summed E-state index contributed by atoms with van der Waals surface area (Å²) in [6.45, 7) is 0.222. The third kappa shape index (κ3) is 2.66. The molecule has 0 bridgehead atoms. The summed E-state index contributed by atoms with van der Waals surface area (Å²) in [5, 5.41) is 28.8. The average Bonchev–Trinajstić information content (AvgIpc) is 3.30. The van der Waals surface area contributed by atoms with Crippen molar-refractivity contribution >= 4 is 0 Å². The van der Waals surface area contributed by atoms with Crippen LogP contribution in [0.25, 0.3) is 0 Å². The standard InChI is InChI=1S/C21H20O7/c22-7-11(8-23)1-2-12-3-14-17(5-16(12)24)25-9-15-13-4-19-20(27-10-26-19)6-18(13)28-21(14)15/h1,3-6,15,21-24H,2,7-10H2. The molecule has 3 N–H and O–H groups in total. The van der Waals surface area contributed by atoms with E-state index in [-0.39, 0.29) is 37.8 Å². The molecule has 3 aliphatic rings. The highest BCUT2D eigenvalue weighted by atomic mass is 16.7. The molecule has 2 aromatic rings. The maximum Gasteiger partial charge on any atom is 0.231 e. The molecule has 7 nitrogen and oxygen atoms in total. The number of hydrogen-bond donors (Lipinski definition) is 3. The van der Waals surface area contributed by atoms with Gasteiger partial charge in [0, 0.05) is 23.3 Å². The Balaban J connectivity index is 1.49. The number of aliphatic hydroxyl groups excluding tert-OH is 2. The minimum absolute atomic E-state index is 0.0235. The fraction of sp³-hybridized carbons (Fsp3) is 0.333. The Hall–Kier alpha value is -2.90. The molecule has 3 aliphatic heterocycles. The number of hydrogen-bond acceptors (Lipinski definition) is 7. The van der Waals surface area contributed by atoms with E-state index in [1.165, 1.54) is 0 Å². The minimum Gasteiger partial charge on any atom is -0.508 e. The van der Waals surface area contributed by atoms with Crippen molar-refractivity contribution in [3.05, 3.63) is 52.6 Å². The summed E-state index contributed by atoms with van der Waals surface area (Å²) >= 11 is 0. The second-order valence-electron chi connectivity index (χ2n) is 7.10. The van der Waals surface area contributed by atoms with Crippen LogP contribution in [0.3, 0.4) is 0 Å². The van der Waals surface area contributed by atoms with Gasteiger partial charge in [0.05, 0.1) is 25.7 Å². The van der Waals surface area contributed by atoms with E-state index in [0.29, 0.717) is 41.4 Å². The van der Waals surface area contributed by atoms with Crippen LogP contribution >= 0.6 is 0 Å². The van der Waals surface area contributed by atoms with Crippen LogP contribution in [-0.4, -0.2) is 41.9 Å². The molecule has 28 heavy (non-hydrogen) atoms. The van der Waals surface area contributed by atoms with E-state index in [4.69, 9.17) is 18.9 Å². The van der Waals surface area contributed by atoms with Gasteiger partial charge in [0.1, 0.15) is 23.4 Å². The molecule has 0 aromatic heterocycles. The Morgan fingerprint density at radius 1 is 0.929 bits per heavy atom. The van der Waals surface area contributed by atoms with Crippen LogP contribution in [0.4, 0.5) is 0 Å². The molecule has 5 rings (SSSR count). The van der Waals surface area contributed by atoms with E-state index < -0.39 is 0 Å². The Morgan fingerprint density at radius 3 is 2.50 bits per heavy atom. The second-order valence-corrected chi connectivity index (χ2v) is 7.10. The number of phenols is 1. The average molecular weight is 384 g/mol. The molecule has 0 radical (unpaired) electrons. The maximum atomic E-state index is 10.3. The number of phenolic OH excluding ortho intramolecular Hbond substituents is 1. The minimum atomic E-state index is -0.222. The summed E-state index contributed by atoms with van der Waals surface area (Å²) in [7, 11) is 0. The van der Waals surface area contributed by atoms with Crippen molar-refractivity contribution in [1.82, 2.24) is 0 Å². The van der Waals surface area contributed by atoms with Gasteiger partial charge in [-0.1, -0.05) is 6.08 Å².